The molecule has 0 fully saturated rings. The molecule has 16 heavy (non-hydrogen) atoms. The van der Waals surface area contributed by atoms with E-state index in [1.54, 1.807) is 12.3 Å². The normalized spacial score (nSPS) is 10.1. The van der Waals surface area contributed by atoms with Gasteiger partial charge in [-0.3, -0.25) is 0 Å². The smallest absolute Gasteiger partial charge is 0.123 e. The van der Waals surface area contributed by atoms with Crippen LogP contribution in [0.25, 0.3) is 0 Å². The van der Waals surface area contributed by atoms with E-state index < -0.39 is 0 Å². The lowest BCUT2D eigenvalue weighted by Crippen LogP contribution is -1.94. The van der Waals surface area contributed by atoms with E-state index in [-0.39, 0.29) is 0 Å². The van der Waals surface area contributed by atoms with Gasteiger partial charge in [-0.05, 0) is 40.2 Å². The highest BCUT2D eigenvalue weighted by Gasteiger charge is 2.03. The van der Waals surface area contributed by atoms with Crippen molar-refractivity contribution in [2.75, 3.05) is 11.1 Å². The first-order chi connectivity index (χ1) is 7.66. The summed E-state index contributed by atoms with van der Waals surface area (Å²) in [5.41, 5.74) is 7.25. The second kappa shape index (κ2) is 4.72. The molecule has 0 amide bonds. The summed E-state index contributed by atoms with van der Waals surface area (Å²) in [7, 11) is 0. The molecule has 1 heterocycles. The van der Waals surface area contributed by atoms with Crippen molar-refractivity contribution >= 4 is 44.7 Å². The van der Waals surface area contributed by atoms with Crippen molar-refractivity contribution in [1.29, 1.82) is 0 Å². The topological polar surface area (TPSA) is 50.9 Å². The number of aromatic nitrogens is 1. The van der Waals surface area contributed by atoms with Gasteiger partial charge in [0, 0.05) is 0 Å². The summed E-state index contributed by atoms with van der Waals surface area (Å²) in [5.74, 6) is 0.496. The van der Waals surface area contributed by atoms with Crippen LogP contribution in [0.4, 0.5) is 17.2 Å². The predicted octanol–water partition coefficient (Wildman–Crippen LogP) is 3.82. The quantitative estimate of drug-likeness (QED) is 0.886. The molecule has 0 unspecified atom stereocenters. The van der Waals surface area contributed by atoms with Crippen LogP contribution in [0.1, 0.15) is 0 Å². The van der Waals surface area contributed by atoms with Crippen LogP contribution >= 0.6 is 27.5 Å². The van der Waals surface area contributed by atoms with Gasteiger partial charge >= 0.3 is 0 Å². The molecule has 82 valence electrons. The van der Waals surface area contributed by atoms with E-state index in [2.05, 4.69) is 26.2 Å². The van der Waals surface area contributed by atoms with Crippen LogP contribution in [0.5, 0.6) is 0 Å². The Hall–Kier alpha value is -1.26. The van der Waals surface area contributed by atoms with Crippen molar-refractivity contribution in [3.8, 4) is 0 Å². The van der Waals surface area contributed by atoms with Gasteiger partial charge in [-0.1, -0.05) is 17.7 Å². The molecule has 0 aliphatic heterocycles. The van der Waals surface area contributed by atoms with Gasteiger partial charge in [0.1, 0.15) is 5.82 Å². The van der Waals surface area contributed by atoms with E-state index in [4.69, 9.17) is 17.3 Å². The molecule has 0 bridgehead atoms. The fourth-order valence-corrected chi connectivity index (χ4v) is 1.77. The zero-order valence-electron chi connectivity index (χ0n) is 8.24. The Morgan fingerprint density at radius 2 is 2.06 bits per heavy atom. The lowest BCUT2D eigenvalue weighted by molar-refractivity contribution is 1.33. The summed E-state index contributed by atoms with van der Waals surface area (Å²) in [6.07, 6.45) is 1.67. The molecule has 1 aromatic heterocycles. The predicted molar refractivity (Wildman–Crippen MR) is 71.1 cm³/mol. The number of rotatable bonds is 2. The Morgan fingerprint density at radius 1 is 1.25 bits per heavy atom. The summed E-state index contributed by atoms with van der Waals surface area (Å²) in [4.78, 5) is 3.99. The lowest BCUT2D eigenvalue weighted by atomic mass is 10.3. The number of halogens is 2. The maximum Gasteiger partial charge on any atom is 0.123 e. The van der Waals surface area contributed by atoms with E-state index >= 15 is 0 Å². The number of anilines is 3. The summed E-state index contributed by atoms with van der Waals surface area (Å²) >= 11 is 9.40. The molecule has 2 rings (SSSR count). The van der Waals surface area contributed by atoms with Crippen molar-refractivity contribution in [2.45, 2.75) is 0 Å². The highest BCUT2D eigenvalue weighted by atomic mass is 79.9. The highest BCUT2D eigenvalue weighted by Crippen LogP contribution is 2.31. The third kappa shape index (κ3) is 2.46. The number of hydrogen-bond acceptors (Lipinski definition) is 3. The molecule has 5 heteroatoms. The SMILES string of the molecule is Nc1ccc(Nc2cccc(Cl)c2Br)cn1. The number of nitrogens with one attached hydrogen (secondary N) is 1. The number of pyridine rings is 1. The zero-order valence-corrected chi connectivity index (χ0v) is 10.6. The van der Waals surface area contributed by atoms with E-state index in [1.165, 1.54) is 0 Å². The van der Waals surface area contributed by atoms with Crippen LogP contribution in [-0.4, -0.2) is 4.98 Å². The summed E-state index contributed by atoms with van der Waals surface area (Å²) < 4.78 is 0.827. The Morgan fingerprint density at radius 3 is 2.75 bits per heavy atom. The Balaban J connectivity index is 2.27. The molecule has 0 aliphatic carbocycles. The first-order valence-electron chi connectivity index (χ1n) is 4.59. The number of benzene rings is 1. The van der Waals surface area contributed by atoms with Gasteiger partial charge in [-0.2, -0.15) is 0 Å². The number of hydrogen-bond donors (Lipinski definition) is 2. The minimum Gasteiger partial charge on any atom is -0.384 e. The molecule has 0 saturated heterocycles. The largest absolute Gasteiger partial charge is 0.384 e. The Labute approximate surface area is 107 Å². The van der Waals surface area contributed by atoms with Crippen LogP contribution in [0, 0.1) is 0 Å². The molecule has 0 saturated carbocycles. The maximum absolute atomic E-state index is 5.98. The average molecular weight is 299 g/mol. The molecule has 3 nitrogen and oxygen atoms in total. The summed E-state index contributed by atoms with van der Waals surface area (Å²) in [6.45, 7) is 0. The third-order valence-corrected chi connectivity index (χ3v) is 3.41. The molecular formula is C11H9BrClN3. The Bertz CT molecular complexity index is 499. The zero-order chi connectivity index (χ0) is 11.5. The van der Waals surface area contributed by atoms with Crippen molar-refractivity contribution < 1.29 is 0 Å². The fraction of sp³-hybridized carbons (Fsp3) is 0. The van der Waals surface area contributed by atoms with Gasteiger partial charge in [0.25, 0.3) is 0 Å². The standard InChI is InChI=1S/C11H9BrClN3/c12-11-8(13)2-1-3-9(11)16-7-4-5-10(14)15-6-7/h1-6,16H,(H2,14,15). The second-order valence-corrected chi connectivity index (χ2v) is 4.40. The van der Waals surface area contributed by atoms with E-state index in [1.807, 2.05) is 24.3 Å². The number of nitrogen functional groups attached to an aromatic ring is 1. The molecule has 0 spiro atoms. The fourth-order valence-electron chi connectivity index (χ4n) is 1.24. The van der Waals surface area contributed by atoms with Crippen LogP contribution < -0.4 is 11.1 Å². The van der Waals surface area contributed by atoms with Gasteiger partial charge in [0.05, 0.1) is 27.1 Å². The van der Waals surface area contributed by atoms with Gasteiger partial charge in [0.15, 0.2) is 0 Å². The van der Waals surface area contributed by atoms with E-state index in [0.717, 1.165) is 15.8 Å². The first kappa shape index (κ1) is 11.2. The van der Waals surface area contributed by atoms with Gasteiger partial charge in [-0.15, -0.1) is 0 Å². The average Bonchev–Trinajstić information content (AvgIpc) is 2.28. The third-order valence-electron chi connectivity index (χ3n) is 2.02. The van der Waals surface area contributed by atoms with Crippen molar-refractivity contribution in [3.63, 3.8) is 0 Å². The maximum atomic E-state index is 5.98. The summed E-state index contributed by atoms with van der Waals surface area (Å²) in [6, 6.07) is 9.21. The number of nitrogens with zero attached hydrogens (tertiary/aromatic N) is 1. The van der Waals surface area contributed by atoms with Gasteiger partial charge < -0.3 is 11.1 Å². The molecule has 0 radical (unpaired) electrons. The van der Waals surface area contributed by atoms with Crippen molar-refractivity contribution in [2.24, 2.45) is 0 Å². The minimum absolute atomic E-state index is 0.496. The van der Waals surface area contributed by atoms with Crippen LogP contribution in [0.3, 0.4) is 0 Å². The molecule has 2 aromatic rings. The van der Waals surface area contributed by atoms with E-state index in [0.29, 0.717) is 10.8 Å². The van der Waals surface area contributed by atoms with Crippen molar-refractivity contribution in [3.05, 3.63) is 46.0 Å². The first-order valence-corrected chi connectivity index (χ1v) is 5.76. The van der Waals surface area contributed by atoms with Gasteiger partial charge in [0.2, 0.25) is 0 Å². The minimum atomic E-state index is 0.496. The van der Waals surface area contributed by atoms with Gasteiger partial charge in [-0.25, -0.2) is 4.98 Å². The molecule has 1 aromatic carbocycles. The summed E-state index contributed by atoms with van der Waals surface area (Å²) in [5, 5.41) is 3.85. The van der Waals surface area contributed by atoms with Crippen LogP contribution in [0.15, 0.2) is 41.0 Å². The number of nitrogens with two attached hydrogens (primary N) is 1. The molecular weight excluding hydrogens is 289 g/mol. The highest BCUT2D eigenvalue weighted by molar-refractivity contribution is 9.10. The Kier molecular flexibility index (Phi) is 3.31. The monoisotopic (exact) mass is 297 g/mol. The molecule has 3 N–H and O–H groups in total. The van der Waals surface area contributed by atoms with Crippen molar-refractivity contribution in [1.82, 2.24) is 4.98 Å². The van der Waals surface area contributed by atoms with Crippen LogP contribution in [0.2, 0.25) is 5.02 Å². The molecule has 0 atom stereocenters. The van der Waals surface area contributed by atoms with Crippen LogP contribution in [-0.2, 0) is 0 Å². The lowest BCUT2D eigenvalue weighted by Gasteiger charge is -2.09. The molecule has 0 aliphatic rings. The second-order valence-electron chi connectivity index (χ2n) is 3.20. The van der Waals surface area contributed by atoms with E-state index in [9.17, 15) is 0 Å².